The first kappa shape index (κ1) is 16.8. The second kappa shape index (κ2) is 6.94. The first-order chi connectivity index (χ1) is 12.6. The highest BCUT2D eigenvalue weighted by Gasteiger charge is 2.56. The molecule has 5 rings (SSSR count). The van der Waals surface area contributed by atoms with Crippen molar-refractivity contribution in [3.8, 4) is 0 Å². The van der Waals surface area contributed by atoms with Crippen LogP contribution in [0.2, 0.25) is 0 Å². The molecule has 1 heterocycles. The molecular formula is C20H23N3O3. The summed E-state index contributed by atoms with van der Waals surface area (Å²) < 4.78 is 0. The summed E-state index contributed by atoms with van der Waals surface area (Å²) in [5.74, 6) is -0.0884. The molecule has 0 unspecified atom stereocenters. The third-order valence-corrected chi connectivity index (χ3v) is 5.77. The van der Waals surface area contributed by atoms with Crippen molar-refractivity contribution in [3.05, 3.63) is 48.0 Å². The number of urea groups is 1. The van der Waals surface area contributed by atoms with E-state index in [1.807, 2.05) is 30.3 Å². The molecule has 0 spiro atoms. The number of amides is 4. The van der Waals surface area contributed by atoms with E-state index in [0.717, 1.165) is 18.4 Å². The zero-order valence-corrected chi connectivity index (χ0v) is 14.6. The van der Waals surface area contributed by atoms with Gasteiger partial charge in [0.2, 0.25) is 11.8 Å². The van der Waals surface area contributed by atoms with Gasteiger partial charge in [-0.25, -0.2) is 4.79 Å². The second-order valence-corrected chi connectivity index (χ2v) is 7.26. The number of rotatable bonds is 5. The van der Waals surface area contributed by atoms with Crippen LogP contribution in [0.25, 0.3) is 0 Å². The third kappa shape index (κ3) is 3.00. The number of carbonyl (C=O) groups is 3. The van der Waals surface area contributed by atoms with Gasteiger partial charge in [0.25, 0.3) is 0 Å². The second-order valence-electron chi connectivity index (χ2n) is 7.26. The maximum atomic E-state index is 12.7. The lowest BCUT2D eigenvalue weighted by Gasteiger charge is -2.38. The Morgan fingerprint density at radius 2 is 1.58 bits per heavy atom. The number of carbonyl (C=O) groups excluding carboxylic acids is 3. The van der Waals surface area contributed by atoms with Gasteiger partial charge in [-0.05, 0) is 30.2 Å². The smallest absolute Gasteiger partial charge is 0.315 e. The molecule has 2 bridgehead atoms. The molecule has 6 heteroatoms. The predicted molar refractivity (Wildman–Crippen MR) is 95.7 cm³/mol. The molecule has 1 saturated carbocycles. The standard InChI is InChI=1S/C20H23N3O3/c24-18-16-14-6-7-15(9-8-14)17(16)19(25)23(18)11-10-21-20(26)22-12-13-4-2-1-3-5-13/h1-7,14-17H,8-12H2,(H2,21,22,26)/t14-,15-,16-,17+/m0/s1. The summed E-state index contributed by atoms with van der Waals surface area (Å²) >= 11 is 0. The third-order valence-electron chi connectivity index (χ3n) is 5.77. The maximum Gasteiger partial charge on any atom is 0.315 e. The number of nitrogens with zero attached hydrogens (tertiary/aromatic N) is 1. The summed E-state index contributed by atoms with van der Waals surface area (Å²) in [6, 6.07) is 9.33. The molecule has 0 aromatic heterocycles. The lowest BCUT2D eigenvalue weighted by molar-refractivity contribution is -0.140. The van der Waals surface area contributed by atoms with Crippen LogP contribution in [0.3, 0.4) is 0 Å². The van der Waals surface area contributed by atoms with E-state index >= 15 is 0 Å². The largest absolute Gasteiger partial charge is 0.336 e. The summed E-state index contributed by atoms with van der Waals surface area (Å²) in [6.07, 6.45) is 6.21. The van der Waals surface area contributed by atoms with Crippen LogP contribution in [0, 0.1) is 23.7 Å². The molecule has 1 saturated heterocycles. The van der Waals surface area contributed by atoms with Crippen LogP contribution < -0.4 is 10.6 Å². The van der Waals surface area contributed by atoms with E-state index in [1.54, 1.807) is 0 Å². The van der Waals surface area contributed by atoms with Gasteiger partial charge in [0.05, 0.1) is 11.8 Å². The Morgan fingerprint density at radius 1 is 0.962 bits per heavy atom. The van der Waals surface area contributed by atoms with Crippen LogP contribution in [-0.2, 0) is 16.1 Å². The topological polar surface area (TPSA) is 78.5 Å². The quantitative estimate of drug-likeness (QED) is 0.624. The minimum Gasteiger partial charge on any atom is -0.336 e. The van der Waals surface area contributed by atoms with E-state index in [9.17, 15) is 14.4 Å². The molecule has 2 fully saturated rings. The number of fused-ring (bicyclic) bond motifs is 1. The van der Waals surface area contributed by atoms with E-state index < -0.39 is 0 Å². The fraction of sp³-hybridized carbons (Fsp3) is 0.450. The van der Waals surface area contributed by atoms with Crippen molar-refractivity contribution in [3.63, 3.8) is 0 Å². The first-order valence-electron chi connectivity index (χ1n) is 9.24. The lowest BCUT2D eigenvalue weighted by Crippen LogP contribution is -2.42. The van der Waals surface area contributed by atoms with E-state index in [0.29, 0.717) is 6.54 Å². The van der Waals surface area contributed by atoms with Crippen LogP contribution in [-0.4, -0.2) is 35.8 Å². The number of hydrogen-bond donors (Lipinski definition) is 2. The molecule has 6 nitrogen and oxygen atoms in total. The normalized spacial score (nSPS) is 29.0. The van der Waals surface area contributed by atoms with Crippen molar-refractivity contribution >= 4 is 17.8 Å². The SMILES string of the molecule is O=C(NCCN1C(=O)[C@@H]2[C@H](C1=O)[C@H]1C=C[C@H]2CC1)NCc1ccccc1. The Bertz CT molecular complexity index is 714. The highest BCUT2D eigenvalue weighted by Crippen LogP contribution is 2.49. The Balaban J connectivity index is 1.27. The molecule has 4 amide bonds. The van der Waals surface area contributed by atoms with Gasteiger partial charge in [0, 0.05) is 19.6 Å². The average molecular weight is 353 g/mol. The molecule has 4 atom stereocenters. The minimum atomic E-state index is -0.299. The van der Waals surface area contributed by atoms with Crippen molar-refractivity contribution in [2.75, 3.05) is 13.1 Å². The molecular weight excluding hydrogens is 330 g/mol. The fourth-order valence-corrected chi connectivity index (χ4v) is 4.48. The summed E-state index contributed by atoms with van der Waals surface area (Å²) in [5.41, 5.74) is 1.01. The molecule has 4 aliphatic rings. The minimum absolute atomic E-state index is 0.0643. The van der Waals surface area contributed by atoms with Gasteiger partial charge < -0.3 is 10.6 Å². The van der Waals surface area contributed by atoms with Crippen molar-refractivity contribution in [1.82, 2.24) is 15.5 Å². The lowest BCUT2D eigenvalue weighted by atomic mass is 9.63. The Hall–Kier alpha value is -2.63. The zero-order valence-electron chi connectivity index (χ0n) is 14.6. The van der Waals surface area contributed by atoms with Crippen LogP contribution in [0.5, 0.6) is 0 Å². The van der Waals surface area contributed by atoms with Gasteiger partial charge in [-0.2, -0.15) is 0 Å². The number of imide groups is 1. The Kier molecular flexibility index (Phi) is 4.49. The molecule has 3 aliphatic carbocycles. The van der Waals surface area contributed by atoms with Gasteiger partial charge in [-0.15, -0.1) is 0 Å². The molecule has 2 N–H and O–H groups in total. The number of allylic oxidation sites excluding steroid dienone is 2. The van der Waals surface area contributed by atoms with Crippen molar-refractivity contribution in [2.24, 2.45) is 23.7 Å². The van der Waals surface area contributed by atoms with E-state index in [1.165, 1.54) is 4.90 Å². The number of likely N-dealkylation sites (tertiary alicyclic amines) is 1. The number of benzene rings is 1. The number of hydrogen-bond acceptors (Lipinski definition) is 3. The summed E-state index contributed by atoms with van der Waals surface area (Å²) in [5, 5.41) is 5.50. The average Bonchev–Trinajstić information content (AvgIpc) is 2.95. The molecule has 0 radical (unpaired) electrons. The van der Waals surface area contributed by atoms with Gasteiger partial charge >= 0.3 is 6.03 Å². The van der Waals surface area contributed by atoms with Gasteiger partial charge in [0.15, 0.2) is 0 Å². The molecule has 1 aromatic rings. The summed E-state index contributed by atoms with van der Waals surface area (Å²) in [4.78, 5) is 38.6. The fourth-order valence-electron chi connectivity index (χ4n) is 4.48. The number of nitrogens with one attached hydrogen (secondary N) is 2. The van der Waals surface area contributed by atoms with Crippen molar-refractivity contribution < 1.29 is 14.4 Å². The van der Waals surface area contributed by atoms with Gasteiger partial charge in [-0.3, -0.25) is 14.5 Å². The van der Waals surface area contributed by atoms with Crippen molar-refractivity contribution in [1.29, 1.82) is 0 Å². The highest BCUT2D eigenvalue weighted by atomic mass is 16.2. The van der Waals surface area contributed by atoms with Crippen LogP contribution >= 0.6 is 0 Å². The summed E-state index contributed by atoms with van der Waals surface area (Å²) in [7, 11) is 0. The van der Waals surface area contributed by atoms with Crippen LogP contribution in [0.15, 0.2) is 42.5 Å². The monoisotopic (exact) mass is 353 g/mol. The van der Waals surface area contributed by atoms with Gasteiger partial charge in [0.1, 0.15) is 0 Å². The van der Waals surface area contributed by atoms with E-state index in [2.05, 4.69) is 22.8 Å². The predicted octanol–water partition coefficient (Wildman–Crippen LogP) is 1.68. The zero-order chi connectivity index (χ0) is 18.1. The highest BCUT2D eigenvalue weighted by molar-refractivity contribution is 6.06. The van der Waals surface area contributed by atoms with Crippen LogP contribution in [0.1, 0.15) is 18.4 Å². The van der Waals surface area contributed by atoms with E-state index in [-0.39, 0.29) is 54.6 Å². The molecule has 136 valence electrons. The Morgan fingerprint density at radius 3 is 2.15 bits per heavy atom. The molecule has 26 heavy (non-hydrogen) atoms. The van der Waals surface area contributed by atoms with Crippen LogP contribution in [0.4, 0.5) is 4.79 Å². The molecule has 1 aromatic carbocycles. The molecule has 1 aliphatic heterocycles. The maximum absolute atomic E-state index is 12.7. The van der Waals surface area contributed by atoms with Gasteiger partial charge in [-0.1, -0.05) is 42.5 Å². The summed E-state index contributed by atoms with van der Waals surface area (Å²) in [6.45, 7) is 0.941. The van der Waals surface area contributed by atoms with Crippen molar-refractivity contribution in [2.45, 2.75) is 19.4 Å². The Labute approximate surface area is 152 Å². The van der Waals surface area contributed by atoms with E-state index in [4.69, 9.17) is 0 Å². The first-order valence-corrected chi connectivity index (χ1v) is 9.24.